The summed E-state index contributed by atoms with van der Waals surface area (Å²) in [6.07, 6.45) is 3.98. The van der Waals surface area contributed by atoms with E-state index in [1.54, 1.807) is 37.3 Å². The molecular weight excluding hydrogens is 364 g/mol. The van der Waals surface area contributed by atoms with Crippen LogP contribution in [0.1, 0.15) is 58.9 Å². The summed E-state index contributed by atoms with van der Waals surface area (Å²) < 4.78 is 39.8. The third kappa shape index (κ3) is 5.08. The first kappa shape index (κ1) is 21.4. The second kappa shape index (κ2) is 8.40. The third-order valence-electron chi connectivity index (χ3n) is 4.76. The van der Waals surface area contributed by atoms with Crippen molar-refractivity contribution in [3.05, 3.63) is 52.4 Å². The Morgan fingerprint density at radius 2 is 1.81 bits per heavy atom. The van der Waals surface area contributed by atoms with Gasteiger partial charge in [0.15, 0.2) is 0 Å². The van der Waals surface area contributed by atoms with Crippen molar-refractivity contribution in [2.75, 3.05) is 0 Å². The van der Waals surface area contributed by atoms with Crippen LogP contribution in [0.25, 0.3) is 5.57 Å². The van der Waals surface area contributed by atoms with E-state index in [0.717, 1.165) is 19.3 Å². The van der Waals surface area contributed by atoms with Crippen LogP contribution < -0.4 is 0 Å². The topological polar surface area (TPSA) is 80.7 Å². The average molecular weight is 393 g/mol. The molecule has 1 aromatic carbocycles. The zero-order chi connectivity index (χ0) is 20.2. The highest BCUT2D eigenvalue weighted by Crippen LogP contribution is 2.44. The number of hydrogen-bond acceptors (Lipinski definition) is 4. The average Bonchev–Trinajstić information content (AvgIpc) is 2.57. The summed E-state index contributed by atoms with van der Waals surface area (Å²) in [4.78, 5) is 12.1. The van der Waals surface area contributed by atoms with Crippen molar-refractivity contribution in [3.8, 4) is 0 Å². The maximum atomic E-state index is 12.2. The van der Waals surface area contributed by atoms with E-state index >= 15 is 0 Å². The number of ether oxygens (including phenoxy) is 1. The second-order valence-corrected chi connectivity index (χ2v) is 8.92. The van der Waals surface area contributed by atoms with Crippen LogP contribution in [-0.4, -0.2) is 25.0 Å². The number of carbonyl (C=O) groups excluding carboxylic acids is 1. The van der Waals surface area contributed by atoms with Crippen LogP contribution in [0.5, 0.6) is 0 Å². The van der Waals surface area contributed by atoms with Crippen molar-refractivity contribution in [1.82, 2.24) is 0 Å². The normalized spacial score (nSPS) is 19.6. The Morgan fingerprint density at radius 1 is 1.19 bits per heavy atom. The summed E-state index contributed by atoms with van der Waals surface area (Å²) in [5.41, 5.74) is 0.834. The molecule has 0 aliphatic heterocycles. The van der Waals surface area contributed by atoms with Crippen LogP contribution in [0.4, 0.5) is 0 Å². The van der Waals surface area contributed by atoms with Gasteiger partial charge in [-0.3, -0.25) is 9.35 Å². The lowest BCUT2D eigenvalue weighted by atomic mass is 9.75. The van der Waals surface area contributed by atoms with Crippen LogP contribution in [-0.2, 0) is 19.6 Å². The molecule has 0 saturated heterocycles. The smallest absolute Gasteiger partial charge is 0.306 e. The highest BCUT2D eigenvalue weighted by molar-refractivity contribution is 7.90. The van der Waals surface area contributed by atoms with Crippen LogP contribution in [0.3, 0.4) is 0 Å². The number of rotatable bonds is 7. The van der Waals surface area contributed by atoms with E-state index in [2.05, 4.69) is 6.92 Å². The van der Waals surface area contributed by atoms with Gasteiger partial charge < -0.3 is 4.74 Å². The minimum atomic E-state index is -4.49. The van der Waals surface area contributed by atoms with Gasteiger partial charge in [-0.1, -0.05) is 70.0 Å². The minimum absolute atomic E-state index is 0.181. The molecule has 0 heterocycles. The molecule has 0 aromatic heterocycles. The Kier molecular flexibility index (Phi) is 6.65. The Labute approximate surface area is 161 Å². The van der Waals surface area contributed by atoms with Gasteiger partial charge >= 0.3 is 5.97 Å². The molecule has 2 rings (SSSR count). The van der Waals surface area contributed by atoms with Crippen molar-refractivity contribution >= 4 is 21.7 Å². The summed E-state index contributed by atoms with van der Waals surface area (Å²) in [5, 5.41) is 0. The molecule has 1 N–H and O–H groups in total. The van der Waals surface area contributed by atoms with Crippen molar-refractivity contribution in [1.29, 1.82) is 0 Å². The lowest BCUT2D eigenvalue weighted by Gasteiger charge is -2.37. The molecule has 0 bridgehead atoms. The lowest BCUT2D eigenvalue weighted by Crippen LogP contribution is -2.38. The summed E-state index contributed by atoms with van der Waals surface area (Å²) in [7, 11) is -4.49. The van der Waals surface area contributed by atoms with Gasteiger partial charge in [-0.15, -0.1) is 0 Å². The number of unbranched alkanes of at least 4 members (excludes halogenated alkanes) is 2. The standard InChI is InChI=1S/C21H28O5S/c1-5-6-8-13-18(22)26-20-15(2)19(27(23,24)25)17(14-21(20,3)4)16-11-9-7-10-12-16/h7,9-12,14,20H,5-6,8,13H2,1-4H3,(H,23,24,25). The Bertz CT molecular complexity index is 848. The summed E-state index contributed by atoms with van der Waals surface area (Å²) >= 11 is 0. The summed E-state index contributed by atoms with van der Waals surface area (Å²) in [5.74, 6) is -0.355. The second-order valence-electron chi connectivity index (χ2n) is 7.56. The Balaban J connectivity index is 2.46. The molecule has 6 heteroatoms. The number of hydrogen-bond donors (Lipinski definition) is 1. The molecule has 1 aliphatic carbocycles. The summed E-state index contributed by atoms with van der Waals surface area (Å²) in [6.45, 7) is 7.44. The first-order valence-corrected chi connectivity index (χ1v) is 10.7. The molecule has 1 unspecified atom stereocenters. The molecule has 1 aliphatic rings. The zero-order valence-corrected chi connectivity index (χ0v) is 17.2. The van der Waals surface area contributed by atoms with E-state index in [4.69, 9.17) is 4.74 Å². The van der Waals surface area contributed by atoms with Crippen molar-refractivity contribution < 1.29 is 22.5 Å². The number of esters is 1. The van der Waals surface area contributed by atoms with Gasteiger partial charge in [0.25, 0.3) is 10.1 Å². The fourth-order valence-electron chi connectivity index (χ4n) is 3.53. The van der Waals surface area contributed by atoms with Crippen molar-refractivity contribution in [2.24, 2.45) is 5.41 Å². The molecule has 1 atom stereocenters. The van der Waals surface area contributed by atoms with Gasteiger partial charge in [0.1, 0.15) is 11.0 Å². The Morgan fingerprint density at radius 3 is 2.37 bits per heavy atom. The van der Waals surface area contributed by atoms with Crippen LogP contribution in [0, 0.1) is 5.41 Å². The molecular formula is C21H28O5S. The quantitative estimate of drug-likeness (QED) is 0.411. The molecule has 148 valence electrons. The zero-order valence-electron chi connectivity index (χ0n) is 16.4. The fraction of sp³-hybridized carbons (Fsp3) is 0.476. The highest BCUT2D eigenvalue weighted by Gasteiger charge is 2.41. The molecule has 0 saturated carbocycles. The Hall–Kier alpha value is -1.92. The molecule has 0 amide bonds. The maximum absolute atomic E-state index is 12.2. The van der Waals surface area contributed by atoms with Crippen LogP contribution in [0.2, 0.25) is 0 Å². The maximum Gasteiger partial charge on any atom is 0.306 e. The number of allylic oxidation sites excluding steroid dienone is 1. The predicted molar refractivity (Wildman–Crippen MR) is 106 cm³/mol. The molecule has 27 heavy (non-hydrogen) atoms. The van der Waals surface area contributed by atoms with Crippen molar-refractivity contribution in [2.45, 2.75) is 59.5 Å². The first-order valence-electron chi connectivity index (χ1n) is 9.24. The van der Waals surface area contributed by atoms with Gasteiger partial charge in [0, 0.05) is 11.8 Å². The van der Waals surface area contributed by atoms with Crippen molar-refractivity contribution in [3.63, 3.8) is 0 Å². The first-order chi connectivity index (χ1) is 12.6. The number of benzene rings is 1. The molecule has 0 fully saturated rings. The van der Waals surface area contributed by atoms with Gasteiger partial charge in [-0.25, -0.2) is 0 Å². The fourth-order valence-corrected chi connectivity index (χ4v) is 4.50. The lowest BCUT2D eigenvalue weighted by molar-refractivity contribution is -0.151. The van der Waals surface area contributed by atoms with E-state index in [1.807, 2.05) is 19.9 Å². The summed E-state index contributed by atoms with van der Waals surface area (Å²) in [6, 6.07) is 9.03. The molecule has 1 aromatic rings. The van der Waals surface area contributed by atoms with Crippen LogP contribution in [0.15, 0.2) is 46.9 Å². The number of carbonyl (C=O) groups is 1. The largest absolute Gasteiger partial charge is 0.457 e. The van der Waals surface area contributed by atoms with Gasteiger partial charge in [0.05, 0.1) is 0 Å². The molecule has 0 radical (unpaired) electrons. The van der Waals surface area contributed by atoms with E-state index in [0.29, 0.717) is 23.1 Å². The van der Waals surface area contributed by atoms with Gasteiger partial charge in [-0.05, 0) is 30.1 Å². The molecule has 5 nitrogen and oxygen atoms in total. The predicted octanol–water partition coefficient (Wildman–Crippen LogP) is 4.76. The van der Waals surface area contributed by atoms with E-state index in [1.165, 1.54) is 0 Å². The van der Waals surface area contributed by atoms with E-state index < -0.39 is 21.6 Å². The monoisotopic (exact) mass is 392 g/mol. The SMILES string of the molecule is CCCCCC(=O)OC1C(C)=C(S(=O)(=O)O)C(c2ccccc2)=CC1(C)C. The minimum Gasteiger partial charge on any atom is -0.457 e. The van der Waals surface area contributed by atoms with E-state index in [-0.39, 0.29) is 10.9 Å². The van der Waals surface area contributed by atoms with E-state index in [9.17, 15) is 17.8 Å². The van der Waals surface area contributed by atoms with Crippen LogP contribution >= 0.6 is 0 Å². The van der Waals surface area contributed by atoms with Gasteiger partial charge in [-0.2, -0.15) is 8.42 Å². The highest BCUT2D eigenvalue weighted by atomic mass is 32.2. The van der Waals surface area contributed by atoms with Gasteiger partial charge in [0.2, 0.25) is 0 Å². The molecule has 0 spiro atoms. The third-order valence-corrected chi connectivity index (χ3v) is 5.82.